The van der Waals surface area contributed by atoms with E-state index in [0.29, 0.717) is 21.8 Å². The van der Waals surface area contributed by atoms with Crippen LogP contribution < -0.4 is 24.4 Å². The minimum Gasteiger partial charge on any atom is -0.504 e. The van der Waals surface area contributed by atoms with Crippen molar-refractivity contribution in [1.82, 2.24) is 4.57 Å². The lowest BCUT2D eigenvalue weighted by Gasteiger charge is -2.24. The van der Waals surface area contributed by atoms with Crippen molar-refractivity contribution in [2.45, 2.75) is 26.8 Å². The molecule has 0 unspecified atom stereocenters. The zero-order chi connectivity index (χ0) is 27.6. The van der Waals surface area contributed by atoms with Crippen LogP contribution in [0.2, 0.25) is 0 Å². The fourth-order valence-electron chi connectivity index (χ4n) is 4.13. The molecule has 2 aromatic carbocycles. The van der Waals surface area contributed by atoms with Gasteiger partial charge in [0.15, 0.2) is 16.3 Å². The summed E-state index contributed by atoms with van der Waals surface area (Å²) in [5.41, 5.74) is 0.485. The predicted octanol–water partition coefficient (Wildman–Crippen LogP) is 2.82. The lowest BCUT2D eigenvalue weighted by Crippen LogP contribution is -2.39. The first-order valence-corrected chi connectivity index (χ1v) is 12.5. The molecule has 0 saturated heterocycles. The van der Waals surface area contributed by atoms with Crippen molar-refractivity contribution in [2.24, 2.45) is 4.99 Å². The molecular formula is C26H25N3O8S. The molecule has 2 heterocycles. The summed E-state index contributed by atoms with van der Waals surface area (Å²) in [4.78, 5) is 42.4. The minimum atomic E-state index is -0.837. The molecule has 38 heavy (non-hydrogen) atoms. The lowest BCUT2D eigenvalue weighted by molar-refractivity contribution is -0.385. The van der Waals surface area contributed by atoms with Crippen molar-refractivity contribution in [3.63, 3.8) is 0 Å². The molecular weight excluding hydrogens is 514 g/mol. The summed E-state index contributed by atoms with van der Waals surface area (Å²) in [7, 11) is 1.53. The Morgan fingerprint density at radius 1 is 1.24 bits per heavy atom. The summed E-state index contributed by atoms with van der Waals surface area (Å²) in [5.74, 6) is -0.400. The van der Waals surface area contributed by atoms with Crippen LogP contribution >= 0.6 is 11.3 Å². The van der Waals surface area contributed by atoms with E-state index in [-0.39, 0.29) is 46.1 Å². The quantitative estimate of drug-likeness (QED) is 0.262. The number of phenolic OH excluding ortho intramolecular Hbond substituents is 1. The van der Waals surface area contributed by atoms with E-state index >= 15 is 0 Å². The SMILES string of the molecule is CCOC(=O)C1=C(C)N=c2s/c(=C/c3cc([N+](=O)[O-])cc(OCC)c3O)c(=O)n2[C@H]1c1ccc(OC)cc1. The van der Waals surface area contributed by atoms with Crippen LogP contribution in [0.1, 0.15) is 37.9 Å². The van der Waals surface area contributed by atoms with Crippen molar-refractivity contribution in [1.29, 1.82) is 0 Å². The van der Waals surface area contributed by atoms with E-state index in [1.807, 2.05) is 0 Å². The first kappa shape index (κ1) is 26.6. The third-order valence-corrected chi connectivity index (χ3v) is 6.82. The van der Waals surface area contributed by atoms with Gasteiger partial charge in [-0.1, -0.05) is 23.5 Å². The van der Waals surface area contributed by atoms with Gasteiger partial charge < -0.3 is 19.3 Å². The monoisotopic (exact) mass is 539 g/mol. The zero-order valence-electron chi connectivity index (χ0n) is 21.1. The van der Waals surface area contributed by atoms with Gasteiger partial charge in [-0.3, -0.25) is 19.5 Å². The predicted molar refractivity (Wildman–Crippen MR) is 139 cm³/mol. The molecule has 0 bridgehead atoms. The van der Waals surface area contributed by atoms with Crippen LogP contribution in [0.3, 0.4) is 0 Å². The summed E-state index contributed by atoms with van der Waals surface area (Å²) < 4.78 is 17.4. The van der Waals surface area contributed by atoms with Crippen LogP contribution in [0.15, 0.2) is 57.5 Å². The number of aromatic nitrogens is 1. The molecule has 1 atom stereocenters. The maximum atomic E-state index is 13.7. The Kier molecular flexibility index (Phi) is 7.62. The van der Waals surface area contributed by atoms with E-state index in [0.717, 1.165) is 23.5 Å². The van der Waals surface area contributed by atoms with Crippen LogP contribution in [0, 0.1) is 10.1 Å². The number of nitro benzene ring substituents is 1. The molecule has 198 valence electrons. The molecule has 1 aromatic heterocycles. The molecule has 11 nitrogen and oxygen atoms in total. The van der Waals surface area contributed by atoms with Crippen LogP contribution in [-0.4, -0.2) is 40.9 Å². The largest absolute Gasteiger partial charge is 0.504 e. The van der Waals surface area contributed by atoms with Gasteiger partial charge in [0.1, 0.15) is 5.75 Å². The second-order valence-corrected chi connectivity index (χ2v) is 9.16. The van der Waals surface area contributed by atoms with Crippen LogP contribution in [0.4, 0.5) is 5.69 Å². The minimum absolute atomic E-state index is 0.0373. The van der Waals surface area contributed by atoms with Gasteiger partial charge in [0.25, 0.3) is 11.2 Å². The van der Waals surface area contributed by atoms with Gasteiger partial charge in [0.2, 0.25) is 0 Å². The Labute approximate surface area is 220 Å². The second-order valence-electron chi connectivity index (χ2n) is 8.15. The number of non-ortho nitro benzene ring substituents is 1. The Morgan fingerprint density at radius 3 is 2.55 bits per heavy atom. The summed E-state index contributed by atoms with van der Waals surface area (Å²) >= 11 is 1.03. The second kappa shape index (κ2) is 10.9. The number of ether oxygens (including phenoxy) is 3. The number of esters is 1. The number of phenols is 1. The highest BCUT2D eigenvalue weighted by Gasteiger charge is 2.33. The lowest BCUT2D eigenvalue weighted by atomic mass is 9.96. The molecule has 0 aliphatic carbocycles. The number of hydrogen-bond donors (Lipinski definition) is 1. The van der Waals surface area contributed by atoms with E-state index < -0.39 is 22.5 Å². The highest BCUT2D eigenvalue weighted by molar-refractivity contribution is 7.07. The van der Waals surface area contributed by atoms with Crippen molar-refractivity contribution in [3.8, 4) is 17.2 Å². The molecule has 12 heteroatoms. The number of aromatic hydroxyl groups is 1. The summed E-state index contributed by atoms with van der Waals surface area (Å²) in [6, 6.07) is 8.39. The van der Waals surface area contributed by atoms with Crippen molar-refractivity contribution >= 4 is 29.1 Å². The number of nitro groups is 1. The summed E-state index contributed by atoms with van der Waals surface area (Å²) in [6.07, 6.45) is 1.35. The molecule has 0 saturated carbocycles. The number of hydrogen-bond acceptors (Lipinski definition) is 10. The summed E-state index contributed by atoms with van der Waals surface area (Å²) in [6.45, 7) is 5.35. The Balaban J connectivity index is 1.96. The Hall–Kier alpha value is -4.45. The standard InChI is InChI=1S/C26H25N3O8S/c1-5-36-19-13-17(29(33)34)11-16(23(19)30)12-20-24(31)28-22(15-7-9-18(35-4)10-8-15)21(25(32)37-6-2)14(3)27-26(28)38-20/h7-13,22,30H,5-6H2,1-4H3/b20-12+/t22-/m0/s1. The average Bonchev–Trinajstić information content (AvgIpc) is 3.19. The van der Waals surface area contributed by atoms with Gasteiger partial charge in [-0.05, 0) is 44.5 Å². The number of allylic oxidation sites excluding steroid dienone is 1. The summed E-state index contributed by atoms with van der Waals surface area (Å²) in [5, 5.41) is 22.1. The fourth-order valence-corrected chi connectivity index (χ4v) is 5.17. The van der Waals surface area contributed by atoms with Crippen molar-refractivity contribution < 1.29 is 29.0 Å². The number of thiazole rings is 1. The third kappa shape index (κ3) is 4.90. The molecule has 4 rings (SSSR count). The van der Waals surface area contributed by atoms with E-state index in [2.05, 4.69) is 4.99 Å². The zero-order valence-corrected chi connectivity index (χ0v) is 21.9. The van der Waals surface area contributed by atoms with E-state index in [4.69, 9.17) is 14.2 Å². The number of benzene rings is 2. The van der Waals surface area contributed by atoms with E-state index in [9.17, 15) is 24.8 Å². The van der Waals surface area contributed by atoms with E-state index in [1.165, 1.54) is 17.8 Å². The normalized spacial score (nSPS) is 15.1. The smallest absolute Gasteiger partial charge is 0.338 e. The van der Waals surface area contributed by atoms with E-state index in [1.54, 1.807) is 45.0 Å². The number of rotatable bonds is 8. The fraction of sp³-hybridized carbons (Fsp3) is 0.269. The van der Waals surface area contributed by atoms with Gasteiger partial charge in [-0.25, -0.2) is 9.79 Å². The maximum absolute atomic E-state index is 13.7. The van der Waals surface area contributed by atoms with Gasteiger partial charge in [-0.2, -0.15) is 0 Å². The molecule has 1 aliphatic rings. The van der Waals surface area contributed by atoms with Gasteiger partial charge in [0, 0.05) is 11.6 Å². The van der Waals surface area contributed by atoms with Crippen molar-refractivity contribution in [2.75, 3.05) is 20.3 Å². The molecule has 0 radical (unpaired) electrons. The molecule has 0 fully saturated rings. The number of carbonyl (C=O) groups is 1. The highest BCUT2D eigenvalue weighted by Crippen LogP contribution is 2.35. The number of nitrogens with zero attached hydrogens (tertiary/aromatic N) is 3. The molecule has 0 amide bonds. The van der Waals surface area contributed by atoms with Gasteiger partial charge in [0.05, 0.1) is 53.2 Å². The number of carbonyl (C=O) groups excluding carboxylic acids is 1. The third-order valence-electron chi connectivity index (χ3n) is 5.84. The number of methoxy groups -OCH3 is 1. The van der Waals surface area contributed by atoms with Gasteiger partial charge in [-0.15, -0.1) is 0 Å². The van der Waals surface area contributed by atoms with Gasteiger partial charge >= 0.3 is 5.97 Å². The Morgan fingerprint density at radius 2 is 1.95 bits per heavy atom. The van der Waals surface area contributed by atoms with Crippen LogP contribution in [-0.2, 0) is 9.53 Å². The van der Waals surface area contributed by atoms with Crippen molar-refractivity contribution in [3.05, 3.63) is 88.6 Å². The Bertz CT molecular complexity index is 1620. The first-order chi connectivity index (χ1) is 18.2. The molecule has 1 N–H and O–H groups in total. The highest BCUT2D eigenvalue weighted by atomic mass is 32.1. The number of fused-ring (bicyclic) bond motifs is 1. The molecule has 3 aromatic rings. The first-order valence-electron chi connectivity index (χ1n) is 11.7. The molecule has 1 aliphatic heterocycles. The average molecular weight is 540 g/mol. The molecule has 0 spiro atoms. The van der Waals surface area contributed by atoms with Crippen LogP contribution in [0.25, 0.3) is 6.08 Å². The topological polar surface area (TPSA) is 142 Å². The maximum Gasteiger partial charge on any atom is 0.338 e. The van der Waals surface area contributed by atoms with Crippen LogP contribution in [0.5, 0.6) is 17.2 Å².